The Morgan fingerprint density at radius 2 is 2.06 bits per heavy atom. The van der Waals surface area contributed by atoms with Crippen LogP contribution >= 0.6 is 27.5 Å². The number of halogens is 2. The maximum absolute atomic E-state index is 5.91. The fourth-order valence-corrected chi connectivity index (χ4v) is 2.64. The van der Waals surface area contributed by atoms with Crippen molar-refractivity contribution in [3.8, 4) is 0 Å². The fourth-order valence-electron chi connectivity index (χ4n) is 1.82. The summed E-state index contributed by atoms with van der Waals surface area (Å²) in [5.41, 5.74) is 3.49. The van der Waals surface area contributed by atoms with E-state index in [2.05, 4.69) is 26.3 Å². The number of aryl methyl sites for hydroxylation is 2. The zero-order valence-corrected chi connectivity index (χ0v) is 12.7. The van der Waals surface area contributed by atoms with Crippen LogP contribution in [0.2, 0.25) is 5.02 Å². The maximum atomic E-state index is 5.91. The molecule has 2 rings (SSSR count). The SMILES string of the molecule is Cc1nn(C)cc1CNCc1ccc(Cl)cc1Br. The smallest absolute Gasteiger partial charge is 0.0638 e. The van der Waals surface area contributed by atoms with Crippen molar-refractivity contribution in [1.29, 1.82) is 0 Å². The molecular weight excluding hydrogens is 314 g/mol. The van der Waals surface area contributed by atoms with Crippen LogP contribution < -0.4 is 5.32 Å². The van der Waals surface area contributed by atoms with Crippen molar-refractivity contribution in [3.05, 3.63) is 50.7 Å². The summed E-state index contributed by atoms with van der Waals surface area (Å²) in [5.74, 6) is 0. The monoisotopic (exact) mass is 327 g/mol. The summed E-state index contributed by atoms with van der Waals surface area (Å²) >= 11 is 9.42. The van der Waals surface area contributed by atoms with Gasteiger partial charge in [-0.15, -0.1) is 0 Å². The molecule has 0 bridgehead atoms. The standard InChI is InChI=1S/C13H15BrClN3/c1-9-11(8-18(2)17-9)7-16-6-10-3-4-12(15)5-13(10)14/h3-5,8,16H,6-7H2,1-2H3. The fraction of sp³-hybridized carbons (Fsp3) is 0.308. The Kier molecular flexibility index (Phi) is 4.43. The van der Waals surface area contributed by atoms with Crippen LogP contribution in [0.25, 0.3) is 0 Å². The lowest BCUT2D eigenvalue weighted by Crippen LogP contribution is -2.13. The quantitative estimate of drug-likeness (QED) is 0.932. The molecule has 0 aliphatic rings. The minimum atomic E-state index is 0.744. The average molecular weight is 329 g/mol. The molecule has 0 saturated heterocycles. The second-order valence-electron chi connectivity index (χ2n) is 4.25. The minimum absolute atomic E-state index is 0.744. The van der Waals surface area contributed by atoms with Gasteiger partial charge >= 0.3 is 0 Å². The normalized spacial score (nSPS) is 10.9. The van der Waals surface area contributed by atoms with Gasteiger partial charge in [-0.1, -0.05) is 33.6 Å². The van der Waals surface area contributed by atoms with E-state index >= 15 is 0 Å². The van der Waals surface area contributed by atoms with Crippen molar-refractivity contribution in [2.75, 3.05) is 0 Å². The van der Waals surface area contributed by atoms with Gasteiger partial charge < -0.3 is 5.32 Å². The lowest BCUT2D eigenvalue weighted by atomic mass is 10.2. The minimum Gasteiger partial charge on any atom is -0.308 e. The number of hydrogen-bond acceptors (Lipinski definition) is 2. The second-order valence-corrected chi connectivity index (χ2v) is 5.54. The number of nitrogens with zero attached hydrogens (tertiary/aromatic N) is 2. The van der Waals surface area contributed by atoms with Gasteiger partial charge in [0.25, 0.3) is 0 Å². The molecule has 0 unspecified atom stereocenters. The summed E-state index contributed by atoms with van der Waals surface area (Å²) in [5, 5.41) is 8.47. The largest absolute Gasteiger partial charge is 0.308 e. The lowest BCUT2D eigenvalue weighted by Gasteiger charge is -2.06. The molecule has 18 heavy (non-hydrogen) atoms. The van der Waals surface area contributed by atoms with Gasteiger partial charge in [-0.25, -0.2) is 0 Å². The maximum Gasteiger partial charge on any atom is 0.0638 e. The molecule has 2 aromatic rings. The first kappa shape index (κ1) is 13.6. The third kappa shape index (κ3) is 3.34. The predicted molar refractivity (Wildman–Crippen MR) is 77.6 cm³/mol. The Bertz CT molecular complexity index is 551. The zero-order valence-electron chi connectivity index (χ0n) is 10.4. The molecule has 1 heterocycles. The first-order valence-corrected chi connectivity index (χ1v) is 6.87. The highest BCUT2D eigenvalue weighted by Gasteiger charge is 2.04. The summed E-state index contributed by atoms with van der Waals surface area (Å²) in [6, 6.07) is 5.84. The molecule has 1 N–H and O–H groups in total. The first-order chi connectivity index (χ1) is 8.56. The van der Waals surface area contributed by atoms with E-state index in [1.807, 2.05) is 43.0 Å². The molecule has 0 aliphatic carbocycles. The second kappa shape index (κ2) is 5.87. The van der Waals surface area contributed by atoms with Gasteiger partial charge in [0.2, 0.25) is 0 Å². The van der Waals surface area contributed by atoms with Crippen LogP contribution in [0.5, 0.6) is 0 Å². The topological polar surface area (TPSA) is 29.9 Å². The highest BCUT2D eigenvalue weighted by Crippen LogP contribution is 2.21. The van der Waals surface area contributed by atoms with Crippen molar-refractivity contribution in [2.45, 2.75) is 20.0 Å². The van der Waals surface area contributed by atoms with Crippen LogP contribution in [0.15, 0.2) is 28.9 Å². The summed E-state index contributed by atoms with van der Waals surface area (Å²) in [6.07, 6.45) is 2.04. The van der Waals surface area contributed by atoms with Gasteiger partial charge in [0.15, 0.2) is 0 Å². The highest BCUT2D eigenvalue weighted by molar-refractivity contribution is 9.10. The van der Waals surface area contributed by atoms with Gasteiger partial charge in [0.05, 0.1) is 5.69 Å². The molecule has 0 atom stereocenters. The van der Waals surface area contributed by atoms with E-state index in [1.54, 1.807) is 0 Å². The molecule has 1 aromatic heterocycles. The number of hydrogen-bond donors (Lipinski definition) is 1. The van der Waals surface area contributed by atoms with Gasteiger partial charge in [-0.3, -0.25) is 4.68 Å². The van der Waals surface area contributed by atoms with Crippen molar-refractivity contribution in [3.63, 3.8) is 0 Å². The Morgan fingerprint density at radius 3 is 2.67 bits per heavy atom. The van der Waals surface area contributed by atoms with Crippen LogP contribution in [0.3, 0.4) is 0 Å². The molecule has 0 spiro atoms. The third-order valence-electron chi connectivity index (χ3n) is 2.76. The summed E-state index contributed by atoms with van der Waals surface area (Å²) in [7, 11) is 1.94. The predicted octanol–water partition coefficient (Wildman–Crippen LogP) is 3.43. The van der Waals surface area contributed by atoms with E-state index < -0.39 is 0 Å². The van der Waals surface area contributed by atoms with Crippen molar-refractivity contribution < 1.29 is 0 Å². The molecule has 0 saturated carbocycles. The first-order valence-electron chi connectivity index (χ1n) is 5.70. The summed E-state index contributed by atoms with van der Waals surface area (Å²) in [4.78, 5) is 0. The number of nitrogens with one attached hydrogen (secondary N) is 1. The molecule has 0 radical (unpaired) electrons. The molecule has 3 nitrogen and oxygen atoms in total. The van der Waals surface area contributed by atoms with Crippen LogP contribution in [0.4, 0.5) is 0 Å². The molecule has 0 fully saturated rings. The van der Waals surface area contributed by atoms with E-state index in [4.69, 9.17) is 11.6 Å². The Hall–Kier alpha value is -0.840. The van der Waals surface area contributed by atoms with Crippen molar-refractivity contribution in [2.24, 2.45) is 7.05 Å². The van der Waals surface area contributed by atoms with Crippen molar-refractivity contribution >= 4 is 27.5 Å². The molecule has 0 aliphatic heterocycles. The highest BCUT2D eigenvalue weighted by atomic mass is 79.9. The number of rotatable bonds is 4. The Labute approximate surface area is 120 Å². The zero-order chi connectivity index (χ0) is 13.1. The number of aromatic nitrogens is 2. The summed E-state index contributed by atoms with van der Waals surface area (Å²) < 4.78 is 2.87. The van der Waals surface area contributed by atoms with Gasteiger partial charge in [0.1, 0.15) is 0 Å². The molecule has 96 valence electrons. The van der Waals surface area contributed by atoms with E-state index in [9.17, 15) is 0 Å². The molecular formula is C13H15BrClN3. The van der Waals surface area contributed by atoms with Crippen LogP contribution in [0.1, 0.15) is 16.8 Å². The van der Waals surface area contributed by atoms with E-state index in [0.717, 1.165) is 28.3 Å². The van der Waals surface area contributed by atoms with E-state index in [1.165, 1.54) is 11.1 Å². The molecule has 0 amide bonds. The van der Waals surface area contributed by atoms with E-state index in [0.29, 0.717) is 0 Å². The molecule has 1 aromatic carbocycles. The summed E-state index contributed by atoms with van der Waals surface area (Å²) in [6.45, 7) is 3.63. The lowest BCUT2D eigenvalue weighted by molar-refractivity contribution is 0.688. The van der Waals surface area contributed by atoms with Gasteiger partial charge in [0, 0.05) is 41.4 Å². The van der Waals surface area contributed by atoms with Crippen LogP contribution in [0, 0.1) is 6.92 Å². The Morgan fingerprint density at radius 1 is 1.33 bits per heavy atom. The van der Waals surface area contributed by atoms with Gasteiger partial charge in [-0.2, -0.15) is 5.10 Å². The Balaban J connectivity index is 1.94. The average Bonchev–Trinajstić information content (AvgIpc) is 2.61. The molecule has 5 heteroatoms. The number of benzene rings is 1. The third-order valence-corrected chi connectivity index (χ3v) is 3.73. The van der Waals surface area contributed by atoms with Crippen LogP contribution in [-0.2, 0) is 20.1 Å². The van der Waals surface area contributed by atoms with Crippen molar-refractivity contribution in [1.82, 2.24) is 15.1 Å². The van der Waals surface area contributed by atoms with Gasteiger partial charge in [-0.05, 0) is 24.6 Å². The van der Waals surface area contributed by atoms with E-state index in [-0.39, 0.29) is 0 Å². The van der Waals surface area contributed by atoms with Crippen LogP contribution in [-0.4, -0.2) is 9.78 Å².